The number of amides is 2. The van der Waals surface area contributed by atoms with E-state index < -0.39 is 0 Å². The Bertz CT molecular complexity index is 854. The summed E-state index contributed by atoms with van der Waals surface area (Å²) >= 11 is 6.17. The molecule has 2 rings (SSSR count). The molecule has 7 heteroatoms. The number of hydrogen-bond donors (Lipinski definition) is 2. The first-order chi connectivity index (χ1) is 13.8. The van der Waals surface area contributed by atoms with Crippen molar-refractivity contribution < 1.29 is 18.7 Å². The largest absolute Gasteiger partial charge is 0.483 e. The summed E-state index contributed by atoms with van der Waals surface area (Å²) in [6, 6.07) is 9.47. The molecule has 29 heavy (non-hydrogen) atoms. The van der Waals surface area contributed by atoms with Crippen molar-refractivity contribution in [3.8, 4) is 5.75 Å². The van der Waals surface area contributed by atoms with Crippen molar-refractivity contribution in [2.24, 2.45) is 0 Å². The van der Waals surface area contributed by atoms with E-state index in [4.69, 9.17) is 16.3 Å². The van der Waals surface area contributed by atoms with Gasteiger partial charge in [0.25, 0.3) is 5.91 Å². The Kier molecular flexibility index (Phi) is 8.46. The van der Waals surface area contributed by atoms with Gasteiger partial charge in [-0.1, -0.05) is 37.6 Å². The maximum atomic E-state index is 12.9. The van der Waals surface area contributed by atoms with Crippen molar-refractivity contribution in [2.75, 3.05) is 19.7 Å². The summed E-state index contributed by atoms with van der Waals surface area (Å²) in [6.07, 6.45) is 0.158. The molecule has 0 bridgehead atoms. The van der Waals surface area contributed by atoms with E-state index in [-0.39, 0.29) is 43.1 Å². The first-order valence-electron chi connectivity index (χ1n) is 9.47. The number of hydrogen-bond acceptors (Lipinski definition) is 3. The molecule has 0 radical (unpaired) electrons. The highest BCUT2D eigenvalue weighted by atomic mass is 35.5. The Morgan fingerprint density at radius 1 is 1.07 bits per heavy atom. The van der Waals surface area contributed by atoms with Crippen LogP contribution in [0.4, 0.5) is 4.39 Å². The highest BCUT2D eigenvalue weighted by Gasteiger charge is 2.12. The molecule has 0 atom stereocenters. The molecule has 2 aromatic carbocycles. The van der Waals surface area contributed by atoms with Crippen molar-refractivity contribution in [1.29, 1.82) is 0 Å². The number of rotatable bonds is 9. The summed E-state index contributed by atoms with van der Waals surface area (Å²) in [4.78, 5) is 23.9. The van der Waals surface area contributed by atoms with Crippen molar-refractivity contribution in [3.63, 3.8) is 0 Å². The van der Waals surface area contributed by atoms with Crippen molar-refractivity contribution in [3.05, 3.63) is 63.9 Å². The van der Waals surface area contributed by atoms with Crippen LogP contribution in [-0.4, -0.2) is 31.5 Å². The summed E-state index contributed by atoms with van der Waals surface area (Å²) in [5.74, 6) is 0.0425. The van der Waals surface area contributed by atoms with Gasteiger partial charge in [0.15, 0.2) is 6.61 Å². The summed E-state index contributed by atoms with van der Waals surface area (Å²) < 4.78 is 18.5. The average Bonchev–Trinajstić information content (AvgIpc) is 2.67. The van der Waals surface area contributed by atoms with Gasteiger partial charge in [-0.3, -0.25) is 9.59 Å². The lowest BCUT2D eigenvalue weighted by atomic mass is 10.0. The number of halogens is 2. The van der Waals surface area contributed by atoms with Gasteiger partial charge in [0.05, 0.1) is 6.42 Å². The zero-order valence-corrected chi connectivity index (χ0v) is 17.6. The van der Waals surface area contributed by atoms with Gasteiger partial charge in [0.1, 0.15) is 11.6 Å². The summed E-state index contributed by atoms with van der Waals surface area (Å²) in [5.41, 5.74) is 2.55. The van der Waals surface area contributed by atoms with E-state index in [9.17, 15) is 14.0 Å². The van der Waals surface area contributed by atoms with E-state index in [2.05, 4.69) is 10.6 Å². The minimum atomic E-state index is -0.339. The lowest BCUT2D eigenvalue weighted by molar-refractivity contribution is -0.124. The molecule has 0 saturated heterocycles. The monoisotopic (exact) mass is 420 g/mol. The van der Waals surface area contributed by atoms with Crippen LogP contribution in [0.25, 0.3) is 0 Å². The molecule has 0 aromatic heterocycles. The van der Waals surface area contributed by atoms with Gasteiger partial charge in [0, 0.05) is 18.1 Å². The molecule has 2 amide bonds. The molecule has 0 unspecified atom stereocenters. The Hall–Kier alpha value is -2.60. The molecule has 2 aromatic rings. The summed E-state index contributed by atoms with van der Waals surface area (Å²) in [7, 11) is 0. The van der Waals surface area contributed by atoms with Crippen LogP contribution in [0.2, 0.25) is 5.02 Å². The molecule has 0 aliphatic carbocycles. The number of carbonyl (C=O) groups excluding carboxylic acids is 2. The highest BCUT2D eigenvalue weighted by molar-refractivity contribution is 6.31. The van der Waals surface area contributed by atoms with Crippen LogP contribution in [0, 0.1) is 12.7 Å². The van der Waals surface area contributed by atoms with E-state index in [1.165, 1.54) is 12.1 Å². The first kappa shape index (κ1) is 22.7. The van der Waals surface area contributed by atoms with E-state index in [0.717, 1.165) is 16.7 Å². The van der Waals surface area contributed by atoms with Gasteiger partial charge in [0.2, 0.25) is 5.91 Å². The fourth-order valence-electron chi connectivity index (χ4n) is 2.69. The zero-order chi connectivity index (χ0) is 21.4. The van der Waals surface area contributed by atoms with Gasteiger partial charge in [-0.15, -0.1) is 0 Å². The Morgan fingerprint density at radius 3 is 2.31 bits per heavy atom. The molecule has 5 nitrogen and oxygen atoms in total. The molecule has 0 fully saturated rings. The van der Waals surface area contributed by atoms with Crippen molar-refractivity contribution in [2.45, 2.75) is 33.1 Å². The summed E-state index contributed by atoms with van der Waals surface area (Å²) in [5, 5.41) is 6.08. The number of carbonyl (C=O) groups is 2. The van der Waals surface area contributed by atoms with Crippen LogP contribution in [0.3, 0.4) is 0 Å². The van der Waals surface area contributed by atoms with E-state index in [0.29, 0.717) is 17.3 Å². The smallest absolute Gasteiger partial charge is 0.258 e. The van der Waals surface area contributed by atoms with Crippen molar-refractivity contribution in [1.82, 2.24) is 10.6 Å². The maximum Gasteiger partial charge on any atom is 0.258 e. The third-order valence-electron chi connectivity index (χ3n) is 4.32. The molecule has 0 saturated carbocycles. The predicted molar refractivity (Wildman–Crippen MR) is 112 cm³/mol. The van der Waals surface area contributed by atoms with E-state index in [1.54, 1.807) is 12.1 Å². The Balaban J connectivity index is 1.72. The molecule has 0 aliphatic heterocycles. The number of ether oxygens (including phenoxy) is 1. The second-order valence-electron chi connectivity index (χ2n) is 7.09. The molecule has 156 valence electrons. The van der Waals surface area contributed by atoms with Crippen LogP contribution >= 0.6 is 11.6 Å². The van der Waals surface area contributed by atoms with E-state index in [1.807, 2.05) is 32.9 Å². The first-order valence-corrected chi connectivity index (χ1v) is 9.84. The van der Waals surface area contributed by atoms with Gasteiger partial charge in [-0.05, 0) is 53.8 Å². The number of benzene rings is 2. The lowest BCUT2D eigenvalue weighted by Crippen LogP contribution is -2.37. The third kappa shape index (κ3) is 7.38. The van der Waals surface area contributed by atoms with Crippen LogP contribution in [-0.2, 0) is 16.0 Å². The quantitative estimate of drug-likeness (QED) is 0.607. The molecule has 0 aliphatic rings. The molecule has 0 heterocycles. The van der Waals surface area contributed by atoms with E-state index >= 15 is 0 Å². The SMILES string of the molecule is Cc1cc(OCC(=O)NCCNC(=O)Cc2ccc(F)cc2)c(C(C)C)cc1Cl. The van der Waals surface area contributed by atoms with Crippen LogP contribution in [0.15, 0.2) is 36.4 Å². The predicted octanol–water partition coefficient (Wildman–Crippen LogP) is 3.76. The second kappa shape index (κ2) is 10.8. The Morgan fingerprint density at radius 2 is 1.69 bits per heavy atom. The van der Waals surface area contributed by atoms with Gasteiger partial charge in [-0.25, -0.2) is 4.39 Å². The number of aryl methyl sites for hydroxylation is 1. The lowest BCUT2D eigenvalue weighted by Gasteiger charge is -2.16. The normalized spacial score (nSPS) is 10.7. The molecular weight excluding hydrogens is 395 g/mol. The third-order valence-corrected chi connectivity index (χ3v) is 4.73. The Labute approximate surface area is 175 Å². The molecule has 2 N–H and O–H groups in total. The zero-order valence-electron chi connectivity index (χ0n) is 16.9. The minimum absolute atomic E-state index is 0.121. The van der Waals surface area contributed by atoms with Gasteiger partial charge in [-0.2, -0.15) is 0 Å². The summed E-state index contributed by atoms with van der Waals surface area (Å²) in [6.45, 7) is 6.40. The fraction of sp³-hybridized carbons (Fsp3) is 0.364. The maximum absolute atomic E-state index is 12.9. The van der Waals surface area contributed by atoms with Gasteiger partial charge >= 0.3 is 0 Å². The van der Waals surface area contributed by atoms with Crippen LogP contribution < -0.4 is 15.4 Å². The van der Waals surface area contributed by atoms with Crippen LogP contribution in [0.5, 0.6) is 5.75 Å². The highest BCUT2D eigenvalue weighted by Crippen LogP contribution is 2.31. The molecular formula is C22H26ClFN2O3. The number of nitrogens with one attached hydrogen (secondary N) is 2. The average molecular weight is 421 g/mol. The topological polar surface area (TPSA) is 67.4 Å². The van der Waals surface area contributed by atoms with Gasteiger partial charge < -0.3 is 15.4 Å². The minimum Gasteiger partial charge on any atom is -0.483 e. The molecule has 0 spiro atoms. The van der Waals surface area contributed by atoms with Crippen molar-refractivity contribution >= 4 is 23.4 Å². The second-order valence-corrected chi connectivity index (χ2v) is 7.49. The standard InChI is InChI=1S/C22H26ClFN2O3/c1-14(2)18-12-19(23)15(3)10-20(18)29-13-22(28)26-9-8-25-21(27)11-16-4-6-17(24)7-5-16/h4-7,10,12,14H,8-9,11,13H2,1-3H3,(H,25,27)(H,26,28). The fourth-order valence-corrected chi connectivity index (χ4v) is 2.87. The van der Waals surface area contributed by atoms with Crippen LogP contribution in [0.1, 0.15) is 36.5 Å².